The Morgan fingerprint density at radius 1 is 1.09 bits per heavy atom. The van der Waals surface area contributed by atoms with E-state index in [0.717, 1.165) is 34.1 Å². The second-order valence-electron chi connectivity index (χ2n) is 8.93. The third-order valence-electron chi connectivity index (χ3n) is 6.91. The summed E-state index contributed by atoms with van der Waals surface area (Å²) in [5.41, 5.74) is 4.47. The van der Waals surface area contributed by atoms with Crippen molar-refractivity contribution in [3.63, 3.8) is 0 Å². The van der Waals surface area contributed by atoms with E-state index in [9.17, 15) is 19.5 Å². The fourth-order valence-corrected chi connectivity index (χ4v) is 5.47. The van der Waals surface area contributed by atoms with Crippen molar-refractivity contribution in [1.82, 2.24) is 14.4 Å². The molecule has 2 aliphatic heterocycles. The van der Waals surface area contributed by atoms with Crippen LogP contribution < -0.4 is 0 Å². The molecule has 0 radical (unpaired) electrons. The molecule has 170 valence electrons. The topological polar surface area (TPSA) is 82.8 Å². The molecule has 1 aromatic heterocycles. The van der Waals surface area contributed by atoms with Crippen LogP contribution in [0.5, 0.6) is 0 Å². The summed E-state index contributed by atoms with van der Waals surface area (Å²) in [4.78, 5) is 41.1. The van der Waals surface area contributed by atoms with E-state index in [2.05, 4.69) is 16.7 Å². The molecule has 1 saturated heterocycles. The lowest BCUT2D eigenvalue weighted by Crippen LogP contribution is -2.62. The zero-order chi connectivity index (χ0) is 23.3. The van der Waals surface area contributed by atoms with Crippen LogP contribution in [0, 0.1) is 0 Å². The molecule has 0 unspecified atom stereocenters. The van der Waals surface area contributed by atoms with Gasteiger partial charge in [-0.25, -0.2) is 4.79 Å². The molecule has 0 spiro atoms. The van der Waals surface area contributed by atoms with Crippen molar-refractivity contribution in [2.24, 2.45) is 0 Å². The summed E-state index contributed by atoms with van der Waals surface area (Å²) in [5, 5.41) is 10.3. The number of fused-ring (bicyclic) bond motifs is 4. The summed E-state index contributed by atoms with van der Waals surface area (Å²) < 4.78 is 2.22. The van der Waals surface area contributed by atoms with E-state index in [4.69, 9.17) is 0 Å². The van der Waals surface area contributed by atoms with Crippen molar-refractivity contribution in [2.75, 3.05) is 13.1 Å². The molecular formula is C26H27N3O4. The number of amides is 2. The number of carbonyl (C=O) groups excluding carboxylic acids is 2. The minimum atomic E-state index is -0.949. The lowest BCUT2D eigenvalue weighted by molar-refractivity contribution is -0.159. The van der Waals surface area contributed by atoms with Crippen LogP contribution in [0.4, 0.5) is 0 Å². The smallest absolute Gasteiger partial charge is 0.335 e. The highest BCUT2D eigenvalue weighted by atomic mass is 16.4. The van der Waals surface area contributed by atoms with Crippen molar-refractivity contribution in [2.45, 2.75) is 45.3 Å². The Kier molecular flexibility index (Phi) is 5.19. The molecule has 1 fully saturated rings. The van der Waals surface area contributed by atoms with Gasteiger partial charge in [0.15, 0.2) is 0 Å². The predicted octanol–water partition coefficient (Wildman–Crippen LogP) is 3.45. The fourth-order valence-electron chi connectivity index (χ4n) is 5.47. The van der Waals surface area contributed by atoms with Crippen molar-refractivity contribution >= 4 is 28.7 Å². The van der Waals surface area contributed by atoms with Gasteiger partial charge in [-0.1, -0.05) is 37.3 Å². The summed E-state index contributed by atoms with van der Waals surface area (Å²) >= 11 is 0. The van der Waals surface area contributed by atoms with Gasteiger partial charge in [-0.05, 0) is 42.7 Å². The van der Waals surface area contributed by atoms with E-state index >= 15 is 0 Å². The number of aromatic nitrogens is 1. The summed E-state index contributed by atoms with van der Waals surface area (Å²) in [6, 6.07) is 14.3. The van der Waals surface area contributed by atoms with Crippen LogP contribution in [0.25, 0.3) is 10.9 Å². The fraction of sp³-hybridized carbons (Fsp3) is 0.346. The molecule has 0 aliphatic carbocycles. The van der Waals surface area contributed by atoms with Gasteiger partial charge in [0.1, 0.15) is 6.04 Å². The van der Waals surface area contributed by atoms with Crippen LogP contribution in [0.1, 0.15) is 53.5 Å². The number of nitrogens with zero attached hydrogens (tertiary/aromatic N) is 3. The summed E-state index contributed by atoms with van der Waals surface area (Å²) in [6.45, 7) is 5.32. The summed E-state index contributed by atoms with van der Waals surface area (Å²) in [5.74, 6) is -0.917. The molecule has 33 heavy (non-hydrogen) atoms. The normalized spacial score (nSPS) is 20.2. The molecule has 5 rings (SSSR count). The minimum absolute atomic E-state index is 0.00572. The number of para-hydroxylation sites is 1. The molecule has 3 heterocycles. The van der Waals surface area contributed by atoms with Gasteiger partial charge in [0.05, 0.1) is 18.2 Å². The molecule has 2 aromatic carbocycles. The lowest BCUT2D eigenvalue weighted by atomic mass is 9.89. The monoisotopic (exact) mass is 445 g/mol. The Hall–Kier alpha value is -3.61. The highest BCUT2D eigenvalue weighted by molar-refractivity contribution is 5.97. The number of benzene rings is 2. The van der Waals surface area contributed by atoms with E-state index in [1.54, 1.807) is 21.9 Å². The zero-order valence-electron chi connectivity index (χ0n) is 18.8. The maximum Gasteiger partial charge on any atom is 0.335 e. The largest absolute Gasteiger partial charge is 0.478 e. The zero-order valence-corrected chi connectivity index (χ0v) is 18.8. The Balaban J connectivity index is 1.60. The lowest BCUT2D eigenvalue weighted by Gasteiger charge is -2.46. The first kappa shape index (κ1) is 21.2. The Morgan fingerprint density at radius 3 is 2.52 bits per heavy atom. The van der Waals surface area contributed by atoms with Gasteiger partial charge in [-0.15, -0.1) is 0 Å². The number of carboxylic acid groups (broad SMARTS) is 1. The third-order valence-corrected chi connectivity index (χ3v) is 6.91. The van der Waals surface area contributed by atoms with E-state index in [1.807, 2.05) is 38.1 Å². The average Bonchev–Trinajstić information content (AvgIpc) is 3.11. The quantitative estimate of drug-likeness (QED) is 0.652. The summed E-state index contributed by atoms with van der Waals surface area (Å²) in [7, 11) is 0. The second kappa shape index (κ2) is 8.06. The van der Waals surface area contributed by atoms with Crippen LogP contribution in [-0.2, 0) is 22.6 Å². The van der Waals surface area contributed by atoms with Gasteiger partial charge in [-0.3, -0.25) is 9.59 Å². The Bertz CT molecular complexity index is 1260. The standard InChI is InChI=1S/C26H27N3O4/c1-3-12-27-15-23(30)29-16(2)24-20(13-22(29)25(27)31)19-6-4-5-7-21(19)28(24)14-17-8-10-18(11-9-17)26(32)33/h4-11,16,22H,3,12-15H2,1-2H3,(H,32,33)/t16-,22+/m0/s1. The van der Waals surface area contributed by atoms with E-state index in [1.165, 1.54) is 0 Å². The van der Waals surface area contributed by atoms with Gasteiger partial charge in [0.25, 0.3) is 0 Å². The molecule has 2 atom stereocenters. The molecule has 0 saturated carbocycles. The number of hydrogen-bond acceptors (Lipinski definition) is 3. The Morgan fingerprint density at radius 2 is 1.82 bits per heavy atom. The van der Waals surface area contributed by atoms with Gasteiger partial charge < -0.3 is 19.5 Å². The number of carbonyl (C=O) groups is 3. The number of hydrogen-bond donors (Lipinski definition) is 1. The average molecular weight is 446 g/mol. The van der Waals surface area contributed by atoms with E-state index < -0.39 is 12.0 Å². The van der Waals surface area contributed by atoms with Crippen LogP contribution in [0.15, 0.2) is 48.5 Å². The van der Waals surface area contributed by atoms with Gasteiger partial charge in [-0.2, -0.15) is 0 Å². The minimum Gasteiger partial charge on any atom is -0.478 e. The predicted molar refractivity (Wildman–Crippen MR) is 124 cm³/mol. The van der Waals surface area contributed by atoms with Crippen LogP contribution in [-0.4, -0.2) is 56.4 Å². The molecule has 7 nitrogen and oxygen atoms in total. The SMILES string of the molecule is CCCN1CC(=O)N2[C@H](Cc3c(n(Cc4ccc(C(=O)O)cc4)c4ccccc34)[C@@H]2C)C1=O. The van der Waals surface area contributed by atoms with Crippen LogP contribution >= 0.6 is 0 Å². The number of piperazine rings is 1. The highest BCUT2D eigenvalue weighted by Gasteiger charge is 2.46. The van der Waals surface area contributed by atoms with Gasteiger partial charge in [0.2, 0.25) is 11.8 Å². The first-order valence-corrected chi connectivity index (χ1v) is 11.4. The first-order valence-electron chi connectivity index (χ1n) is 11.4. The van der Waals surface area contributed by atoms with Crippen molar-refractivity contribution in [1.29, 1.82) is 0 Å². The van der Waals surface area contributed by atoms with Gasteiger partial charge >= 0.3 is 5.97 Å². The molecule has 7 heteroatoms. The molecular weight excluding hydrogens is 418 g/mol. The molecule has 1 N–H and O–H groups in total. The molecule has 2 amide bonds. The maximum absolute atomic E-state index is 13.2. The van der Waals surface area contributed by atoms with E-state index in [-0.39, 0.29) is 30.0 Å². The van der Waals surface area contributed by atoms with E-state index in [0.29, 0.717) is 19.5 Å². The van der Waals surface area contributed by atoms with Gasteiger partial charge in [0, 0.05) is 36.1 Å². The van der Waals surface area contributed by atoms with Crippen LogP contribution in [0.2, 0.25) is 0 Å². The third kappa shape index (κ3) is 3.39. The summed E-state index contributed by atoms with van der Waals surface area (Å²) in [6.07, 6.45) is 1.34. The number of carboxylic acids is 1. The molecule has 3 aromatic rings. The highest BCUT2D eigenvalue weighted by Crippen LogP contribution is 2.41. The maximum atomic E-state index is 13.2. The van der Waals surface area contributed by atoms with Crippen molar-refractivity contribution in [3.8, 4) is 0 Å². The molecule has 2 aliphatic rings. The molecule has 0 bridgehead atoms. The number of rotatable bonds is 5. The van der Waals surface area contributed by atoms with Crippen LogP contribution in [0.3, 0.4) is 0 Å². The Labute approximate surface area is 192 Å². The first-order chi connectivity index (χ1) is 15.9. The van der Waals surface area contributed by atoms with Crippen molar-refractivity contribution < 1.29 is 19.5 Å². The van der Waals surface area contributed by atoms with Crippen molar-refractivity contribution in [3.05, 3.63) is 70.9 Å². The second-order valence-corrected chi connectivity index (χ2v) is 8.93. The number of aromatic carboxylic acids is 1.